The molecule has 2 nitrogen and oxygen atoms in total. The molecule has 0 aromatic carbocycles. The van der Waals surface area contributed by atoms with Crippen LogP contribution < -0.4 is 4.74 Å². The molecule has 0 fully saturated rings. The van der Waals surface area contributed by atoms with E-state index in [2.05, 4.69) is 9.72 Å². The van der Waals surface area contributed by atoms with Gasteiger partial charge in [-0.15, -0.1) is 0 Å². The zero-order chi connectivity index (χ0) is 8.27. The summed E-state index contributed by atoms with van der Waals surface area (Å²) in [4.78, 5) is 3.64. The summed E-state index contributed by atoms with van der Waals surface area (Å²) < 4.78 is 28.1. The largest absolute Gasteiger partial charge is 0.432 e. The molecule has 0 saturated carbocycles. The van der Waals surface area contributed by atoms with Gasteiger partial charge in [0.15, 0.2) is 5.75 Å². The van der Waals surface area contributed by atoms with E-state index in [4.69, 9.17) is 0 Å². The standard InChI is InChI=1S/C6H4F2INO/c7-6(8)11-5-3-10-2-1-4(5)9/h1-3,6H. The minimum atomic E-state index is -2.78. The SMILES string of the molecule is FC(F)Oc1cnccc1I. The summed E-state index contributed by atoms with van der Waals surface area (Å²) in [7, 11) is 0. The summed E-state index contributed by atoms with van der Waals surface area (Å²) in [6, 6.07) is 1.60. The van der Waals surface area contributed by atoms with E-state index >= 15 is 0 Å². The number of ether oxygens (including phenoxy) is 1. The van der Waals surface area contributed by atoms with E-state index in [1.165, 1.54) is 12.4 Å². The van der Waals surface area contributed by atoms with Gasteiger partial charge in [0.05, 0.1) is 9.77 Å². The van der Waals surface area contributed by atoms with Gasteiger partial charge >= 0.3 is 6.61 Å². The van der Waals surface area contributed by atoms with E-state index in [0.29, 0.717) is 3.57 Å². The smallest absolute Gasteiger partial charge is 0.387 e. The molecule has 1 aromatic rings. The van der Waals surface area contributed by atoms with E-state index in [1.807, 2.05) is 22.6 Å². The van der Waals surface area contributed by atoms with Crippen molar-refractivity contribution in [2.75, 3.05) is 0 Å². The molecule has 0 amide bonds. The van der Waals surface area contributed by atoms with E-state index in [0.717, 1.165) is 0 Å². The Bertz CT molecular complexity index is 244. The van der Waals surface area contributed by atoms with Crippen molar-refractivity contribution in [1.82, 2.24) is 4.98 Å². The fourth-order valence-corrected chi connectivity index (χ4v) is 0.973. The lowest BCUT2D eigenvalue weighted by atomic mass is 10.5. The fourth-order valence-electron chi connectivity index (χ4n) is 0.546. The third kappa shape index (κ3) is 2.57. The van der Waals surface area contributed by atoms with Gasteiger partial charge in [-0.2, -0.15) is 8.78 Å². The number of pyridine rings is 1. The number of hydrogen-bond donors (Lipinski definition) is 0. The van der Waals surface area contributed by atoms with Crippen LogP contribution in [0.5, 0.6) is 5.75 Å². The maximum atomic E-state index is 11.6. The Morgan fingerprint density at radius 3 is 2.82 bits per heavy atom. The zero-order valence-corrected chi connectivity index (χ0v) is 7.46. The van der Waals surface area contributed by atoms with Crippen LogP contribution in [0.4, 0.5) is 8.78 Å². The van der Waals surface area contributed by atoms with E-state index in [9.17, 15) is 8.78 Å². The molecule has 0 radical (unpaired) electrons. The second kappa shape index (κ2) is 3.80. The highest BCUT2D eigenvalue weighted by atomic mass is 127. The molecule has 0 aliphatic heterocycles. The minimum absolute atomic E-state index is 0.114. The number of nitrogens with zero attached hydrogens (tertiary/aromatic N) is 1. The minimum Gasteiger partial charge on any atom is -0.432 e. The highest BCUT2D eigenvalue weighted by Gasteiger charge is 2.06. The molecule has 0 N–H and O–H groups in total. The van der Waals surface area contributed by atoms with E-state index < -0.39 is 6.61 Å². The molecule has 1 aromatic heterocycles. The topological polar surface area (TPSA) is 22.1 Å². The first-order chi connectivity index (χ1) is 5.20. The summed E-state index contributed by atoms with van der Waals surface area (Å²) in [5.41, 5.74) is 0. The summed E-state index contributed by atoms with van der Waals surface area (Å²) in [5.74, 6) is 0.114. The Hall–Kier alpha value is -0.460. The van der Waals surface area contributed by atoms with Crippen LogP contribution >= 0.6 is 22.6 Å². The van der Waals surface area contributed by atoms with E-state index in [-0.39, 0.29) is 5.75 Å². The number of alkyl halides is 2. The number of hydrogen-bond acceptors (Lipinski definition) is 2. The normalized spacial score (nSPS) is 10.2. The summed E-state index contributed by atoms with van der Waals surface area (Å²) in [6.07, 6.45) is 2.77. The van der Waals surface area contributed by atoms with Crippen LogP contribution in [0, 0.1) is 3.57 Å². The molecule has 0 aliphatic rings. The lowest BCUT2D eigenvalue weighted by Crippen LogP contribution is -2.03. The predicted octanol–water partition coefficient (Wildman–Crippen LogP) is 2.29. The molecule has 1 heterocycles. The van der Waals surface area contributed by atoms with Gasteiger partial charge in [0.1, 0.15) is 0 Å². The van der Waals surface area contributed by atoms with Crippen molar-refractivity contribution in [3.05, 3.63) is 22.0 Å². The quantitative estimate of drug-likeness (QED) is 0.770. The second-order valence-electron chi connectivity index (χ2n) is 1.68. The Balaban J connectivity index is 2.78. The Labute approximate surface area is 75.7 Å². The molecule has 1 rings (SSSR count). The maximum absolute atomic E-state index is 11.6. The lowest BCUT2D eigenvalue weighted by molar-refractivity contribution is -0.0506. The third-order valence-electron chi connectivity index (χ3n) is 0.950. The van der Waals surface area contributed by atoms with Crippen LogP contribution in [-0.4, -0.2) is 11.6 Å². The fraction of sp³-hybridized carbons (Fsp3) is 0.167. The van der Waals surface area contributed by atoms with Gasteiger partial charge in [-0.3, -0.25) is 4.98 Å². The molecular formula is C6H4F2INO. The van der Waals surface area contributed by atoms with Crippen molar-refractivity contribution >= 4 is 22.6 Å². The van der Waals surface area contributed by atoms with Gasteiger partial charge < -0.3 is 4.74 Å². The van der Waals surface area contributed by atoms with Crippen LogP contribution in [0.3, 0.4) is 0 Å². The Morgan fingerprint density at radius 2 is 2.27 bits per heavy atom. The molecule has 0 saturated heterocycles. The maximum Gasteiger partial charge on any atom is 0.387 e. The monoisotopic (exact) mass is 271 g/mol. The Morgan fingerprint density at radius 1 is 1.55 bits per heavy atom. The first-order valence-corrected chi connectivity index (χ1v) is 3.82. The van der Waals surface area contributed by atoms with Crippen LogP contribution in [0.2, 0.25) is 0 Å². The van der Waals surface area contributed by atoms with Crippen molar-refractivity contribution in [1.29, 1.82) is 0 Å². The van der Waals surface area contributed by atoms with Crippen LogP contribution in [0.1, 0.15) is 0 Å². The van der Waals surface area contributed by atoms with Gasteiger partial charge in [0, 0.05) is 6.20 Å². The summed E-state index contributed by atoms with van der Waals surface area (Å²) in [5, 5.41) is 0. The molecule has 60 valence electrons. The van der Waals surface area contributed by atoms with E-state index in [1.54, 1.807) is 6.07 Å². The van der Waals surface area contributed by atoms with Crippen molar-refractivity contribution in [3.8, 4) is 5.75 Å². The van der Waals surface area contributed by atoms with Crippen molar-refractivity contribution in [2.45, 2.75) is 6.61 Å². The first-order valence-electron chi connectivity index (χ1n) is 2.74. The lowest BCUT2D eigenvalue weighted by Gasteiger charge is -2.04. The molecule has 11 heavy (non-hydrogen) atoms. The first kappa shape index (κ1) is 8.63. The molecule has 0 unspecified atom stereocenters. The van der Waals surface area contributed by atoms with Crippen LogP contribution in [0.15, 0.2) is 18.5 Å². The molecule has 0 aliphatic carbocycles. The highest BCUT2D eigenvalue weighted by Crippen LogP contribution is 2.19. The van der Waals surface area contributed by atoms with Crippen molar-refractivity contribution in [2.24, 2.45) is 0 Å². The predicted molar refractivity (Wildman–Crippen MR) is 43.6 cm³/mol. The van der Waals surface area contributed by atoms with Crippen LogP contribution in [-0.2, 0) is 0 Å². The molecular weight excluding hydrogens is 267 g/mol. The second-order valence-corrected chi connectivity index (χ2v) is 2.85. The molecule has 5 heteroatoms. The highest BCUT2D eigenvalue weighted by molar-refractivity contribution is 14.1. The average molecular weight is 271 g/mol. The summed E-state index contributed by atoms with van der Waals surface area (Å²) >= 11 is 1.90. The van der Waals surface area contributed by atoms with Gasteiger partial charge in [-0.05, 0) is 28.7 Å². The zero-order valence-electron chi connectivity index (χ0n) is 5.30. The van der Waals surface area contributed by atoms with Gasteiger partial charge in [0.2, 0.25) is 0 Å². The van der Waals surface area contributed by atoms with Gasteiger partial charge in [-0.1, -0.05) is 0 Å². The molecule has 0 bridgehead atoms. The van der Waals surface area contributed by atoms with Crippen molar-refractivity contribution < 1.29 is 13.5 Å². The third-order valence-corrected chi connectivity index (χ3v) is 1.84. The van der Waals surface area contributed by atoms with Gasteiger partial charge in [0.25, 0.3) is 0 Å². The number of rotatable bonds is 2. The summed E-state index contributed by atoms with van der Waals surface area (Å²) in [6.45, 7) is -2.78. The van der Waals surface area contributed by atoms with Crippen molar-refractivity contribution in [3.63, 3.8) is 0 Å². The Kier molecular flexibility index (Phi) is 2.98. The number of aromatic nitrogens is 1. The molecule has 0 spiro atoms. The van der Waals surface area contributed by atoms with Gasteiger partial charge in [-0.25, -0.2) is 0 Å². The average Bonchev–Trinajstić information content (AvgIpc) is 1.93. The number of halogens is 3. The molecule has 0 atom stereocenters. The van der Waals surface area contributed by atoms with Crippen LogP contribution in [0.25, 0.3) is 0 Å².